The van der Waals surface area contributed by atoms with E-state index in [1.165, 1.54) is 11.1 Å². The third-order valence-electron chi connectivity index (χ3n) is 3.16. The number of rotatable bonds is 6. The fraction of sp³-hybridized carbons (Fsp3) is 0.294. The molecule has 0 unspecified atom stereocenters. The second-order valence-corrected chi connectivity index (χ2v) is 4.58. The van der Waals surface area contributed by atoms with Gasteiger partial charge in [-0.25, -0.2) is 0 Å². The van der Waals surface area contributed by atoms with Crippen LogP contribution in [0.4, 0.5) is 0 Å². The van der Waals surface area contributed by atoms with Gasteiger partial charge in [-0.3, -0.25) is 0 Å². The van der Waals surface area contributed by atoms with Crippen molar-refractivity contribution in [1.82, 2.24) is 0 Å². The fourth-order valence-electron chi connectivity index (χ4n) is 1.92. The van der Waals surface area contributed by atoms with E-state index >= 15 is 0 Å². The van der Waals surface area contributed by atoms with Crippen LogP contribution in [0.3, 0.4) is 0 Å². The SMILES string of the molecule is CCc1ccc(COc2ccc(CCO)cc2)cc1. The first-order chi connectivity index (χ1) is 9.31. The molecule has 19 heavy (non-hydrogen) atoms. The molecule has 2 aromatic rings. The highest BCUT2D eigenvalue weighted by Crippen LogP contribution is 2.15. The Morgan fingerprint density at radius 1 is 0.842 bits per heavy atom. The molecule has 0 aliphatic carbocycles. The summed E-state index contributed by atoms with van der Waals surface area (Å²) in [5.41, 5.74) is 3.65. The highest BCUT2D eigenvalue weighted by atomic mass is 16.5. The van der Waals surface area contributed by atoms with Gasteiger partial charge in [-0.2, -0.15) is 0 Å². The average Bonchev–Trinajstić information content (AvgIpc) is 2.47. The summed E-state index contributed by atoms with van der Waals surface area (Å²) < 4.78 is 5.74. The van der Waals surface area contributed by atoms with Crippen LogP contribution in [0.2, 0.25) is 0 Å². The molecule has 0 radical (unpaired) electrons. The Bertz CT molecular complexity index is 486. The third-order valence-corrected chi connectivity index (χ3v) is 3.16. The fourth-order valence-corrected chi connectivity index (χ4v) is 1.92. The second kappa shape index (κ2) is 6.95. The van der Waals surface area contributed by atoms with Crippen LogP contribution in [0, 0.1) is 0 Å². The molecule has 2 rings (SSSR count). The maximum absolute atomic E-state index is 8.85. The van der Waals surface area contributed by atoms with Gasteiger partial charge >= 0.3 is 0 Å². The van der Waals surface area contributed by atoms with Crippen LogP contribution in [0.5, 0.6) is 5.75 Å². The molecule has 2 aromatic carbocycles. The van der Waals surface area contributed by atoms with Crippen molar-refractivity contribution in [2.24, 2.45) is 0 Å². The van der Waals surface area contributed by atoms with Crippen molar-refractivity contribution in [3.63, 3.8) is 0 Å². The molecular formula is C17H20O2. The lowest BCUT2D eigenvalue weighted by Gasteiger charge is -2.07. The number of aliphatic hydroxyl groups excluding tert-OH is 1. The van der Waals surface area contributed by atoms with E-state index in [-0.39, 0.29) is 6.61 Å². The van der Waals surface area contributed by atoms with Gasteiger partial charge in [0.05, 0.1) is 0 Å². The lowest BCUT2D eigenvalue weighted by Crippen LogP contribution is -1.96. The predicted octanol–water partition coefficient (Wildman–Crippen LogP) is 3.36. The molecule has 0 saturated carbocycles. The molecule has 100 valence electrons. The molecule has 1 N–H and O–H groups in total. The Morgan fingerprint density at radius 2 is 1.42 bits per heavy atom. The number of ether oxygens (including phenoxy) is 1. The molecule has 0 aliphatic heterocycles. The average molecular weight is 256 g/mol. The first-order valence-corrected chi connectivity index (χ1v) is 6.72. The maximum atomic E-state index is 8.85. The van der Waals surface area contributed by atoms with E-state index in [9.17, 15) is 0 Å². The van der Waals surface area contributed by atoms with E-state index < -0.39 is 0 Å². The van der Waals surface area contributed by atoms with Crippen molar-refractivity contribution < 1.29 is 9.84 Å². The van der Waals surface area contributed by atoms with Crippen LogP contribution in [-0.4, -0.2) is 11.7 Å². The minimum absolute atomic E-state index is 0.185. The number of hydrogen-bond acceptors (Lipinski definition) is 2. The van der Waals surface area contributed by atoms with Gasteiger partial charge in [0.25, 0.3) is 0 Å². The van der Waals surface area contributed by atoms with Gasteiger partial charge in [0, 0.05) is 6.61 Å². The van der Waals surface area contributed by atoms with Gasteiger partial charge in [0.15, 0.2) is 0 Å². The molecule has 0 amide bonds. The number of hydrogen-bond donors (Lipinski definition) is 1. The molecule has 0 atom stereocenters. The van der Waals surface area contributed by atoms with E-state index in [4.69, 9.17) is 9.84 Å². The van der Waals surface area contributed by atoms with Crippen LogP contribution in [0.25, 0.3) is 0 Å². The van der Waals surface area contributed by atoms with Crippen molar-refractivity contribution >= 4 is 0 Å². The van der Waals surface area contributed by atoms with Crippen LogP contribution in [0.1, 0.15) is 23.6 Å². The van der Waals surface area contributed by atoms with E-state index in [2.05, 4.69) is 31.2 Å². The van der Waals surface area contributed by atoms with Crippen molar-refractivity contribution in [3.05, 3.63) is 65.2 Å². The predicted molar refractivity (Wildman–Crippen MR) is 77.4 cm³/mol. The lowest BCUT2D eigenvalue weighted by atomic mass is 10.1. The summed E-state index contributed by atoms with van der Waals surface area (Å²) >= 11 is 0. The maximum Gasteiger partial charge on any atom is 0.119 e. The minimum atomic E-state index is 0.185. The zero-order valence-electron chi connectivity index (χ0n) is 11.3. The Hall–Kier alpha value is -1.80. The smallest absolute Gasteiger partial charge is 0.119 e. The van der Waals surface area contributed by atoms with Gasteiger partial charge in [-0.05, 0) is 41.7 Å². The number of aliphatic hydroxyl groups is 1. The molecule has 0 bridgehead atoms. The highest BCUT2D eigenvalue weighted by molar-refractivity contribution is 5.28. The van der Waals surface area contributed by atoms with Crippen molar-refractivity contribution in [2.45, 2.75) is 26.4 Å². The van der Waals surface area contributed by atoms with Crippen LogP contribution >= 0.6 is 0 Å². The zero-order valence-corrected chi connectivity index (χ0v) is 11.3. The normalized spacial score (nSPS) is 10.4. The Kier molecular flexibility index (Phi) is 4.99. The first-order valence-electron chi connectivity index (χ1n) is 6.72. The van der Waals surface area contributed by atoms with Crippen LogP contribution < -0.4 is 4.74 Å². The summed E-state index contributed by atoms with van der Waals surface area (Å²) in [6.45, 7) is 2.92. The van der Waals surface area contributed by atoms with E-state index in [0.29, 0.717) is 13.0 Å². The number of benzene rings is 2. The van der Waals surface area contributed by atoms with Crippen molar-refractivity contribution in [2.75, 3.05) is 6.61 Å². The Morgan fingerprint density at radius 3 is 2.00 bits per heavy atom. The van der Waals surface area contributed by atoms with E-state index in [0.717, 1.165) is 17.7 Å². The molecule has 2 heteroatoms. The Balaban J connectivity index is 1.90. The molecule has 0 fully saturated rings. The Labute approximate surface area is 114 Å². The molecule has 0 aromatic heterocycles. The van der Waals surface area contributed by atoms with Crippen LogP contribution in [0.15, 0.2) is 48.5 Å². The molecule has 0 spiro atoms. The third kappa shape index (κ3) is 4.11. The van der Waals surface area contributed by atoms with Gasteiger partial charge in [-0.1, -0.05) is 43.3 Å². The molecule has 0 aliphatic rings. The lowest BCUT2D eigenvalue weighted by molar-refractivity contribution is 0.298. The largest absolute Gasteiger partial charge is 0.489 e. The van der Waals surface area contributed by atoms with Gasteiger partial charge in [0.2, 0.25) is 0 Å². The quantitative estimate of drug-likeness (QED) is 0.858. The highest BCUT2D eigenvalue weighted by Gasteiger charge is 1.97. The second-order valence-electron chi connectivity index (χ2n) is 4.58. The summed E-state index contributed by atoms with van der Waals surface area (Å²) in [6, 6.07) is 16.4. The molecule has 0 saturated heterocycles. The van der Waals surface area contributed by atoms with Gasteiger partial charge in [-0.15, -0.1) is 0 Å². The zero-order chi connectivity index (χ0) is 13.5. The van der Waals surface area contributed by atoms with Crippen molar-refractivity contribution in [1.29, 1.82) is 0 Å². The monoisotopic (exact) mass is 256 g/mol. The summed E-state index contributed by atoms with van der Waals surface area (Å²) in [6.07, 6.45) is 1.76. The summed E-state index contributed by atoms with van der Waals surface area (Å²) in [7, 11) is 0. The molecular weight excluding hydrogens is 236 g/mol. The van der Waals surface area contributed by atoms with E-state index in [1.807, 2.05) is 24.3 Å². The topological polar surface area (TPSA) is 29.5 Å². The number of aryl methyl sites for hydroxylation is 1. The summed E-state index contributed by atoms with van der Waals surface area (Å²) in [5.74, 6) is 0.862. The van der Waals surface area contributed by atoms with Crippen molar-refractivity contribution in [3.8, 4) is 5.75 Å². The van der Waals surface area contributed by atoms with Crippen LogP contribution in [-0.2, 0) is 19.4 Å². The van der Waals surface area contributed by atoms with Gasteiger partial charge < -0.3 is 9.84 Å². The standard InChI is InChI=1S/C17H20O2/c1-2-14-3-5-16(6-4-14)13-19-17-9-7-15(8-10-17)11-12-18/h3-10,18H,2,11-13H2,1H3. The summed E-state index contributed by atoms with van der Waals surface area (Å²) in [4.78, 5) is 0. The minimum Gasteiger partial charge on any atom is -0.489 e. The molecule has 0 heterocycles. The van der Waals surface area contributed by atoms with Gasteiger partial charge in [0.1, 0.15) is 12.4 Å². The first kappa shape index (κ1) is 13.6. The molecule has 2 nitrogen and oxygen atoms in total. The van der Waals surface area contributed by atoms with E-state index in [1.54, 1.807) is 0 Å². The summed E-state index contributed by atoms with van der Waals surface area (Å²) in [5, 5.41) is 8.85.